The van der Waals surface area contributed by atoms with Gasteiger partial charge in [0.25, 0.3) is 0 Å². The number of halogens is 1. The lowest BCUT2D eigenvalue weighted by molar-refractivity contribution is -0.120. The van der Waals surface area contributed by atoms with Crippen molar-refractivity contribution in [3.8, 4) is 11.5 Å². The van der Waals surface area contributed by atoms with E-state index in [4.69, 9.17) is 9.47 Å². The third-order valence-corrected chi connectivity index (χ3v) is 2.26. The molecular weight excluding hydrogens is 244 g/mol. The van der Waals surface area contributed by atoms with Gasteiger partial charge >= 0.3 is 0 Å². The van der Waals surface area contributed by atoms with Crippen molar-refractivity contribution < 1.29 is 14.3 Å². The highest BCUT2D eigenvalue weighted by atomic mass is 35.5. The second kappa shape index (κ2) is 6.32. The molecular formula is C11H15ClN2O3. The first-order valence-corrected chi connectivity index (χ1v) is 5.09. The Balaban J connectivity index is 0.00000144. The Morgan fingerprint density at radius 3 is 2.88 bits per heavy atom. The van der Waals surface area contributed by atoms with Crippen LogP contribution in [0.25, 0.3) is 0 Å². The van der Waals surface area contributed by atoms with Crippen molar-refractivity contribution in [2.24, 2.45) is 0 Å². The average molecular weight is 259 g/mol. The van der Waals surface area contributed by atoms with Crippen LogP contribution in [0.4, 0.5) is 0 Å². The number of likely N-dealkylation sites (N-methyl/N-ethyl adjacent to an activating group) is 1. The number of carbonyl (C=O) groups is 1. The molecule has 0 aromatic heterocycles. The first-order valence-electron chi connectivity index (χ1n) is 5.09. The summed E-state index contributed by atoms with van der Waals surface area (Å²) in [5, 5.41) is 5.58. The maximum Gasteiger partial charge on any atom is 0.234 e. The van der Waals surface area contributed by atoms with Crippen molar-refractivity contribution in [1.82, 2.24) is 10.6 Å². The summed E-state index contributed by atoms with van der Waals surface area (Å²) in [4.78, 5) is 11.2. The minimum Gasteiger partial charge on any atom is -0.454 e. The molecule has 1 aromatic carbocycles. The van der Waals surface area contributed by atoms with E-state index < -0.39 is 0 Å². The van der Waals surface area contributed by atoms with Crippen LogP contribution in [0.2, 0.25) is 0 Å². The first-order chi connectivity index (χ1) is 7.79. The number of rotatable bonds is 4. The molecule has 1 amide bonds. The average Bonchev–Trinajstić information content (AvgIpc) is 2.74. The molecule has 0 aliphatic carbocycles. The summed E-state index contributed by atoms with van der Waals surface area (Å²) in [7, 11) is 1.74. The van der Waals surface area contributed by atoms with Crippen molar-refractivity contribution in [3.05, 3.63) is 23.8 Å². The molecule has 17 heavy (non-hydrogen) atoms. The Morgan fingerprint density at radius 2 is 2.12 bits per heavy atom. The zero-order valence-electron chi connectivity index (χ0n) is 9.49. The van der Waals surface area contributed by atoms with Crippen LogP contribution in [-0.2, 0) is 11.3 Å². The lowest BCUT2D eigenvalue weighted by Crippen LogP contribution is -2.31. The van der Waals surface area contributed by atoms with E-state index in [0.717, 1.165) is 17.1 Å². The molecule has 1 aliphatic rings. The summed E-state index contributed by atoms with van der Waals surface area (Å²) in [5.41, 5.74) is 0.994. The Hall–Kier alpha value is -1.46. The molecule has 2 rings (SSSR count). The van der Waals surface area contributed by atoms with Crippen LogP contribution < -0.4 is 20.1 Å². The quantitative estimate of drug-likeness (QED) is 0.834. The lowest BCUT2D eigenvalue weighted by atomic mass is 10.2. The van der Waals surface area contributed by atoms with Gasteiger partial charge in [0.1, 0.15) is 0 Å². The number of fused-ring (bicyclic) bond motifs is 1. The molecule has 0 spiro atoms. The minimum absolute atomic E-state index is 0. The van der Waals surface area contributed by atoms with Crippen molar-refractivity contribution in [3.63, 3.8) is 0 Å². The van der Waals surface area contributed by atoms with Crippen LogP contribution >= 0.6 is 12.4 Å². The smallest absolute Gasteiger partial charge is 0.234 e. The molecule has 94 valence electrons. The largest absolute Gasteiger partial charge is 0.454 e. The van der Waals surface area contributed by atoms with Gasteiger partial charge in [-0.15, -0.1) is 12.4 Å². The summed E-state index contributed by atoms with van der Waals surface area (Å²) in [6.07, 6.45) is 0. The van der Waals surface area contributed by atoms with Gasteiger partial charge in [0, 0.05) is 6.54 Å². The second-order valence-corrected chi connectivity index (χ2v) is 3.49. The van der Waals surface area contributed by atoms with E-state index in [2.05, 4.69) is 10.6 Å². The number of nitrogens with one attached hydrogen (secondary N) is 2. The molecule has 0 saturated heterocycles. The van der Waals surface area contributed by atoms with Crippen molar-refractivity contribution in [1.29, 1.82) is 0 Å². The Morgan fingerprint density at radius 1 is 1.35 bits per heavy atom. The maximum absolute atomic E-state index is 11.2. The maximum atomic E-state index is 11.2. The van der Waals surface area contributed by atoms with Gasteiger partial charge in [-0.2, -0.15) is 0 Å². The SMILES string of the molecule is CNCC(=O)NCc1ccc2c(c1)OCO2.Cl. The van der Waals surface area contributed by atoms with Gasteiger partial charge in [0.2, 0.25) is 12.7 Å². The number of hydrogen-bond acceptors (Lipinski definition) is 4. The molecule has 6 heteroatoms. The summed E-state index contributed by atoms with van der Waals surface area (Å²) in [6.45, 7) is 1.09. The zero-order chi connectivity index (χ0) is 11.4. The lowest BCUT2D eigenvalue weighted by Gasteiger charge is -2.05. The van der Waals surface area contributed by atoms with E-state index in [1.165, 1.54) is 0 Å². The van der Waals surface area contributed by atoms with Gasteiger partial charge in [0.15, 0.2) is 11.5 Å². The third-order valence-electron chi connectivity index (χ3n) is 2.26. The monoisotopic (exact) mass is 258 g/mol. The molecule has 0 bridgehead atoms. The van der Waals surface area contributed by atoms with Gasteiger partial charge in [-0.25, -0.2) is 0 Å². The fraction of sp³-hybridized carbons (Fsp3) is 0.364. The predicted octanol–water partition coefficient (Wildman–Crippen LogP) is 0.673. The molecule has 1 aliphatic heterocycles. The molecule has 0 fully saturated rings. The summed E-state index contributed by atoms with van der Waals surface area (Å²) in [6, 6.07) is 5.64. The van der Waals surface area contributed by atoms with Gasteiger partial charge in [0.05, 0.1) is 6.54 Å². The van der Waals surface area contributed by atoms with E-state index in [1.807, 2.05) is 18.2 Å². The van der Waals surface area contributed by atoms with Crippen LogP contribution in [0.15, 0.2) is 18.2 Å². The van der Waals surface area contributed by atoms with E-state index in [-0.39, 0.29) is 25.1 Å². The highest BCUT2D eigenvalue weighted by Gasteiger charge is 2.13. The topological polar surface area (TPSA) is 59.6 Å². The molecule has 0 saturated carbocycles. The van der Waals surface area contributed by atoms with Crippen LogP contribution in [-0.4, -0.2) is 26.3 Å². The van der Waals surface area contributed by atoms with Crippen LogP contribution in [0.1, 0.15) is 5.56 Å². The highest BCUT2D eigenvalue weighted by molar-refractivity contribution is 5.85. The fourth-order valence-electron chi connectivity index (χ4n) is 1.47. The minimum atomic E-state index is -0.0276. The Kier molecular flexibility index (Phi) is 5.06. The normalized spacial score (nSPS) is 11.8. The van der Waals surface area contributed by atoms with Crippen LogP contribution in [0.3, 0.4) is 0 Å². The van der Waals surface area contributed by atoms with E-state index in [0.29, 0.717) is 13.1 Å². The summed E-state index contributed by atoms with van der Waals surface area (Å²) in [5.74, 6) is 1.46. The molecule has 0 radical (unpaired) electrons. The predicted molar refractivity (Wildman–Crippen MR) is 65.6 cm³/mol. The fourth-order valence-corrected chi connectivity index (χ4v) is 1.47. The van der Waals surface area contributed by atoms with Crippen molar-refractivity contribution in [2.45, 2.75) is 6.54 Å². The number of ether oxygens (including phenoxy) is 2. The molecule has 0 atom stereocenters. The second-order valence-electron chi connectivity index (χ2n) is 3.49. The number of benzene rings is 1. The van der Waals surface area contributed by atoms with Gasteiger partial charge in [-0.3, -0.25) is 4.79 Å². The molecule has 1 heterocycles. The zero-order valence-corrected chi connectivity index (χ0v) is 10.3. The molecule has 1 aromatic rings. The van der Waals surface area contributed by atoms with Gasteiger partial charge in [-0.1, -0.05) is 6.07 Å². The third kappa shape index (κ3) is 3.51. The van der Waals surface area contributed by atoms with Crippen LogP contribution in [0, 0.1) is 0 Å². The standard InChI is InChI=1S/C11H14N2O3.ClH/c1-12-6-11(14)13-5-8-2-3-9-10(4-8)16-7-15-9;/h2-4,12H,5-7H2,1H3,(H,13,14);1H. The molecule has 0 unspecified atom stereocenters. The van der Waals surface area contributed by atoms with Crippen LogP contribution in [0.5, 0.6) is 11.5 Å². The van der Waals surface area contributed by atoms with E-state index >= 15 is 0 Å². The Bertz CT molecular complexity index is 398. The number of amides is 1. The molecule has 2 N–H and O–H groups in total. The highest BCUT2D eigenvalue weighted by Crippen LogP contribution is 2.32. The van der Waals surface area contributed by atoms with Gasteiger partial charge in [-0.05, 0) is 24.7 Å². The summed E-state index contributed by atoms with van der Waals surface area (Å²) >= 11 is 0. The van der Waals surface area contributed by atoms with E-state index in [1.54, 1.807) is 7.05 Å². The number of carbonyl (C=O) groups excluding carboxylic acids is 1. The summed E-state index contributed by atoms with van der Waals surface area (Å²) < 4.78 is 10.4. The van der Waals surface area contributed by atoms with Crippen molar-refractivity contribution >= 4 is 18.3 Å². The number of hydrogen-bond donors (Lipinski definition) is 2. The van der Waals surface area contributed by atoms with Crippen molar-refractivity contribution in [2.75, 3.05) is 20.4 Å². The molecule has 5 nitrogen and oxygen atoms in total. The first kappa shape index (κ1) is 13.6. The van der Waals surface area contributed by atoms with E-state index in [9.17, 15) is 4.79 Å². The van der Waals surface area contributed by atoms with Gasteiger partial charge < -0.3 is 20.1 Å². The Labute approximate surface area is 106 Å².